The fourth-order valence-electron chi connectivity index (χ4n) is 4.25. The summed E-state index contributed by atoms with van der Waals surface area (Å²) in [6, 6.07) is 13.3. The number of halogens is 2. The number of ether oxygens (including phenoxy) is 1. The fraction of sp³-hybridized carbons (Fsp3) is 0.348. The van der Waals surface area contributed by atoms with E-state index in [2.05, 4.69) is 24.8 Å². The van der Waals surface area contributed by atoms with Gasteiger partial charge in [0.1, 0.15) is 11.5 Å². The molecule has 2 aromatic rings. The quantitative estimate of drug-likeness (QED) is 0.497. The summed E-state index contributed by atoms with van der Waals surface area (Å²) in [5.74, 6) is 1.51. The van der Waals surface area contributed by atoms with Crippen LogP contribution in [0.25, 0.3) is 0 Å². The minimum absolute atomic E-state index is 0. The molecule has 1 spiro atoms. The highest BCUT2D eigenvalue weighted by molar-refractivity contribution is 8.93. The molecule has 2 aliphatic rings. The normalized spacial score (nSPS) is 18.5. The highest BCUT2D eigenvalue weighted by atomic mass is 79.9. The Kier molecular flexibility index (Phi) is 6.33. The van der Waals surface area contributed by atoms with E-state index in [0.29, 0.717) is 16.3 Å². The van der Waals surface area contributed by atoms with Crippen LogP contribution in [0.2, 0.25) is 5.02 Å². The van der Waals surface area contributed by atoms with Crippen molar-refractivity contribution in [2.75, 3.05) is 19.6 Å². The van der Waals surface area contributed by atoms with Gasteiger partial charge in [-0.2, -0.15) is 0 Å². The smallest absolute Gasteiger partial charge is 0.177 e. The van der Waals surface area contributed by atoms with Gasteiger partial charge in [-0.05, 0) is 64.0 Å². The fourth-order valence-corrected chi connectivity index (χ4v) is 4.42. The molecule has 28 heavy (non-hydrogen) atoms. The third-order valence-corrected chi connectivity index (χ3v) is 6.15. The first kappa shape index (κ1) is 21.1. The van der Waals surface area contributed by atoms with Crippen molar-refractivity contribution in [1.29, 1.82) is 0 Å². The summed E-state index contributed by atoms with van der Waals surface area (Å²) < 4.78 is 6.16. The monoisotopic (exact) mass is 461 g/mol. The van der Waals surface area contributed by atoms with Gasteiger partial charge in [0.05, 0.1) is 11.0 Å². The van der Waals surface area contributed by atoms with Crippen LogP contribution in [0.5, 0.6) is 11.5 Å². The van der Waals surface area contributed by atoms with Gasteiger partial charge in [-0.15, -0.1) is 17.0 Å². The molecular weight excluding hydrogens is 438 g/mol. The Hall–Kier alpha value is -1.62. The Balaban J connectivity index is 0.00000225. The summed E-state index contributed by atoms with van der Waals surface area (Å²) in [6.45, 7) is 6.97. The van der Waals surface area contributed by atoms with Crippen molar-refractivity contribution in [3.63, 3.8) is 0 Å². The van der Waals surface area contributed by atoms with Crippen LogP contribution < -0.4 is 4.74 Å². The Bertz CT molecular complexity index is 917. The Labute approximate surface area is 182 Å². The zero-order chi connectivity index (χ0) is 19.0. The molecule has 0 aliphatic carbocycles. The van der Waals surface area contributed by atoms with Crippen molar-refractivity contribution in [3.8, 4) is 11.5 Å². The molecule has 0 atom stereocenters. The van der Waals surface area contributed by atoms with Crippen molar-refractivity contribution in [2.24, 2.45) is 0 Å². The average molecular weight is 463 g/mol. The molecule has 1 fully saturated rings. The van der Waals surface area contributed by atoms with E-state index in [1.54, 1.807) is 18.2 Å². The van der Waals surface area contributed by atoms with Crippen LogP contribution >= 0.6 is 28.6 Å². The summed E-state index contributed by atoms with van der Waals surface area (Å²) in [4.78, 5) is 16.2. The Morgan fingerprint density at radius 1 is 1.18 bits per heavy atom. The molecule has 3 nitrogen and oxygen atoms in total. The number of piperidine rings is 1. The van der Waals surface area contributed by atoms with Crippen LogP contribution in [0.1, 0.15) is 42.6 Å². The average Bonchev–Trinajstić information content (AvgIpc) is 2.78. The van der Waals surface area contributed by atoms with Gasteiger partial charge >= 0.3 is 0 Å². The van der Waals surface area contributed by atoms with Gasteiger partial charge in [0.2, 0.25) is 0 Å². The predicted octanol–water partition coefficient (Wildman–Crippen LogP) is 6.21. The first-order valence-electron chi connectivity index (χ1n) is 9.49. The molecule has 0 aromatic heterocycles. The van der Waals surface area contributed by atoms with E-state index in [0.717, 1.165) is 43.8 Å². The number of nitrogens with zero attached hydrogens (tertiary/aromatic N) is 1. The van der Waals surface area contributed by atoms with Crippen molar-refractivity contribution in [1.82, 2.24) is 4.90 Å². The minimum atomic E-state index is -0.549. The van der Waals surface area contributed by atoms with Gasteiger partial charge in [-0.1, -0.05) is 41.4 Å². The molecule has 0 N–H and O–H groups in total. The van der Waals surface area contributed by atoms with Gasteiger partial charge in [-0.3, -0.25) is 9.69 Å². The van der Waals surface area contributed by atoms with E-state index in [-0.39, 0.29) is 22.8 Å². The number of Topliss-reactive ketones (excluding diaryl/α,β-unsaturated/α-hetero) is 1. The number of benzene rings is 2. The number of rotatable bonds is 2. The number of hydrogen-bond acceptors (Lipinski definition) is 3. The Morgan fingerprint density at radius 2 is 1.89 bits per heavy atom. The maximum Gasteiger partial charge on any atom is 0.177 e. The minimum Gasteiger partial charge on any atom is -0.456 e. The molecule has 5 heteroatoms. The van der Waals surface area contributed by atoms with Gasteiger partial charge in [0, 0.05) is 17.1 Å². The predicted molar refractivity (Wildman–Crippen MR) is 119 cm³/mol. The number of carbonyl (C=O) groups is 1. The highest BCUT2D eigenvalue weighted by Gasteiger charge is 2.47. The molecule has 2 aliphatic heterocycles. The maximum absolute atomic E-state index is 13.7. The van der Waals surface area contributed by atoms with Crippen molar-refractivity contribution in [2.45, 2.75) is 32.1 Å². The molecular formula is C23H25BrClNO2. The van der Waals surface area contributed by atoms with Crippen molar-refractivity contribution < 1.29 is 9.53 Å². The Morgan fingerprint density at radius 3 is 2.61 bits per heavy atom. The number of fused-ring (bicyclic) bond motifs is 3. The molecule has 0 radical (unpaired) electrons. The lowest BCUT2D eigenvalue weighted by Gasteiger charge is -2.41. The van der Waals surface area contributed by atoms with Crippen LogP contribution in [0, 0.1) is 0 Å². The summed E-state index contributed by atoms with van der Waals surface area (Å²) >= 11 is 6.21. The summed E-state index contributed by atoms with van der Waals surface area (Å²) in [6.07, 6.45) is 3.73. The lowest BCUT2D eigenvalue weighted by atomic mass is 9.68. The zero-order valence-corrected chi connectivity index (χ0v) is 18.7. The second-order valence-corrected chi connectivity index (χ2v) is 8.00. The van der Waals surface area contributed by atoms with E-state index >= 15 is 0 Å². The van der Waals surface area contributed by atoms with E-state index < -0.39 is 5.41 Å². The molecule has 148 valence electrons. The molecule has 0 bridgehead atoms. The second kappa shape index (κ2) is 8.40. The van der Waals surface area contributed by atoms with Crippen LogP contribution in [0.3, 0.4) is 0 Å². The van der Waals surface area contributed by atoms with Gasteiger partial charge in [0.15, 0.2) is 5.78 Å². The molecule has 1 saturated heterocycles. The first-order chi connectivity index (χ1) is 13.0. The molecule has 2 heterocycles. The largest absolute Gasteiger partial charge is 0.456 e. The first-order valence-corrected chi connectivity index (χ1v) is 9.87. The lowest BCUT2D eigenvalue weighted by molar-refractivity contribution is 0.0782. The summed E-state index contributed by atoms with van der Waals surface area (Å²) in [5, 5.41) is 0.563. The number of allylic oxidation sites excluding steroid dienone is 1. The van der Waals surface area contributed by atoms with E-state index in [1.807, 2.05) is 24.3 Å². The number of carbonyl (C=O) groups excluding carboxylic acids is 1. The van der Waals surface area contributed by atoms with E-state index in [4.69, 9.17) is 16.3 Å². The lowest BCUT2D eigenvalue weighted by Crippen LogP contribution is -2.47. The molecule has 0 amide bonds. The molecule has 4 rings (SSSR count). The molecule has 2 aromatic carbocycles. The topological polar surface area (TPSA) is 29.5 Å². The molecule has 0 saturated carbocycles. The van der Waals surface area contributed by atoms with Gasteiger partial charge < -0.3 is 4.74 Å². The number of ketones is 1. The van der Waals surface area contributed by atoms with Crippen LogP contribution in [-0.2, 0) is 5.41 Å². The van der Waals surface area contributed by atoms with Crippen molar-refractivity contribution in [3.05, 3.63) is 70.3 Å². The number of likely N-dealkylation sites (tertiary alicyclic amines) is 1. The van der Waals surface area contributed by atoms with E-state index in [1.165, 1.54) is 5.57 Å². The third kappa shape index (κ3) is 3.66. The van der Waals surface area contributed by atoms with E-state index in [9.17, 15) is 4.79 Å². The summed E-state index contributed by atoms with van der Waals surface area (Å²) in [7, 11) is 0. The van der Waals surface area contributed by atoms with Crippen LogP contribution in [-0.4, -0.2) is 30.3 Å². The molecule has 0 unspecified atom stereocenters. The number of para-hydroxylation sites is 1. The SMILES string of the molecule is Br.CC=C(C)CN1CCC2(CC1)C(=O)c1cc(Cl)ccc1Oc1ccccc12. The number of hydrogen-bond donors (Lipinski definition) is 0. The zero-order valence-electron chi connectivity index (χ0n) is 16.2. The van der Waals surface area contributed by atoms with Crippen LogP contribution in [0.4, 0.5) is 0 Å². The van der Waals surface area contributed by atoms with Gasteiger partial charge in [0.25, 0.3) is 0 Å². The summed E-state index contributed by atoms with van der Waals surface area (Å²) in [5.41, 5.74) is 2.41. The highest BCUT2D eigenvalue weighted by Crippen LogP contribution is 2.48. The standard InChI is InChI=1S/C23H24ClNO2.BrH/c1-3-16(2)15-25-12-10-23(11-13-25)19-6-4-5-7-21(19)27-20-9-8-17(24)14-18(20)22(23)26;/h3-9,14H,10-13,15H2,1-2H3;1H. The third-order valence-electron chi connectivity index (χ3n) is 5.92. The maximum atomic E-state index is 13.7. The van der Waals surface area contributed by atoms with Gasteiger partial charge in [-0.25, -0.2) is 0 Å². The second-order valence-electron chi connectivity index (χ2n) is 7.56. The van der Waals surface area contributed by atoms with Crippen molar-refractivity contribution >= 4 is 34.4 Å². The van der Waals surface area contributed by atoms with Crippen LogP contribution in [0.15, 0.2) is 54.1 Å².